The monoisotopic (exact) mass is 399 g/mol. The van der Waals surface area contributed by atoms with Crippen molar-refractivity contribution in [1.29, 1.82) is 0 Å². The number of ether oxygens (including phenoxy) is 1. The quantitative estimate of drug-likeness (QED) is 0.300. The van der Waals surface area contributed by atoms with Crippen molar-refractivity contribution in [1.82, 2.24) is 5.32 Å². The molecule has 0 fully saturated rings. The van der Waals surface area contributed by atoms with Gasteiger partial charge in [-0.05, 0) is 46.4 Å². The molecule has 30 heavy (non-hydrogen) atoms. The third kappa shape index (κ3) is 4.36. The van der Waals surface area contributed by atoms with E-state index < -0.39 is 0 Å². The van der Waals surface area contributed by atoms with E-state index >= 15 is 0 Å². The van der Waals surface area contributed by atoms with Gasteiger partial charge in [0, 0.05) is 18.2 Å². The lowest BCUT2D eigenvalue weighted by Gasteiger charge is -2.14. The number of carbonyl (C=O) groups excluding carboxylic acids is 1. The first-order valence-electron chi connectivity index (χ1n) is 10.1. The highest BCUT2D eigenvalue weighted by Crippen LogP contribution is 2.44. The fourth-order valence-electron chi connectivity index (χ4n) is 3.86. The number of rotatable bonds is 7. The molecule has 0 heterocycles. The molecule has 1 aliphatic carbocycles. The molecule has 152 valence electrons. The number of anilines is 1. The second-order valence-corrected chi connectivity index (χ2v) is 7.21. The average Bonchev–Trinajstić information content (AvgIpc) is 3.11. The van der Waals surface area contributed by atoms with E-state index in [1.807, 2.05) is 60.7 Å². The fourth-order valence-corrected chi connectivity index (χ4v) is 3.86. The van der Waals surface area contributed by atoms with Crippen LogP contribution in [-0.2, 0) is 4.74 Å². The normalized spacial score (nSPS) is 12.4. The molecule has 3 aromatic carbocycles. The highest BCUT2D eigenvalue weighted by Gasteiger charge is 2.28. The third-order valence-electron chi connectivity index (χ3n) is 5.29. The van der Waals surface area contributed by atoms with E-state index in [0.29, 0.717) is 19.6 Å². The molecule has 0 saturated heterocycles. The molecular formula is C25H25N3O2. The third-order valence-corrected chi connectivity index (χ3v) is 5.29. The van der Waals surface area contributed by atoms with Crippen LogP contribution in [0.25, 0.3) is 17.2 Å². The van der Waals surface area contributed by atoms with Gasteiger partial charge in [-0.25, -0.2) is 4.79 Å². The topological polar surface area (TPSA) is 76.4 Å². The van der Waals surface area contributed by atoms with Crippen LogP contribution in [0, 0.1) is 0 Å². The van der Waals surface area contributed by atoms with Crippen molar-refractivity contribution in [3.63, 3.8) is 0 Å². The van der Waals surface area contributed by atoms with Crippen LogP contribution in [0.1, 0.15) is 29.0 Å². The van der Waals surface area contributed by atoms with Crippen LogP contribution in [0.4, 0.5) is 10.5 Å². The Balaban J connectivity index is 1.27. The number of hydrazine groups is 1. The number of benzene rings is 3. The summed E-state index contributed by atoms with van der Waals surface area (Å²) in [5.74, 6) is 5.49. The van der Waals surface area contributed by atoms with Crippen molar-refractivity contribution in [2.75, 3.05) is 18.6 Å². The summed E-state index contributed by atoms with van der Waals surface area (Å²) < 4.78 is 5.54. The molecular weight excluding hydrogens is 374 g/mol. The molecule has 0 radical (unpaired) electrons. The number of nitrogen functional groups attached to an aromatic ring is 1. The van der Waals surface area contributed by atoms with Gasteiger partial charge in [-0.2, -0.15) is 0 Å². The molecule has 4 N–H and O–H groups in total. The number of hydrogen-bond donors (Lipinski definition) is 3. The van der Waals surface area contributed by atoms with Gasteiger partial charge in [0.25, 0.3) is 0 Å². The van der Waals surface area contributed by atoms with Crippen LogP contribution >= 0.6 is 0 Å². The Kier molecular flexibility index (Phi) is 6.11. The van der Waals surface area contributed by atoms with E-state index in [2.05, 4.69) is 35.0 Å². The predicted molar refractivity (Wildman–Crippen MR) is 121 cm³/mol. The molecule has 3 aromatic rings. The number of nitrogens with two attached hydrogens (primary N) is 1. The predicted octanol–water partition coefficient (Wildman–Crippen LogP) is 4.91. The first-order valence-corrected chi connectivity index (χ1v) is 10.1. The van der Waals surface area contributed by atoms with Crippen molar-refractivity contribution in [3.05, 3.63) is 95.6 Å². The molecule has 5 heteroatoms. The Hall–Kier alpha value is -3.57. The van der Waals surface area contributed by atoms with Crippen molar-refractivity contribution in [2.24, 2.45) is 5.84 Å². The average molecular weight is 399 g/mol. The molecule has 0 aliphatic heterocycles. The minimum atomic E-state index is -0.389. The zero-order chi connectivity index (χ0) is 20.8. The standard InChI is InChI=1S/C25H25N3O2/c26-28-19-10-7-9-18(16-19)8-5-6-15-27-25(29)30-17-24-22-13-3-1-11-20(22)21-12-2-4-14-23(21)24/h1-5,7-14,16,24,28H,6,15,17,26H2,(H,27,29). The zero-order valence-corrected chi connectivity index (χ0v) is 16.7. The highest BCUT2D eigenvalue weighted by atomic mass is 16.5. The molecule has 0 aromatic heterocycles. The molecule has 5 nitrogen and oxygen atoms in total. The van der Waals surface area contributed by atoms with E-state index in [1.165, 1.54) is 22.3 Å². The Morgan fingerprint density at radius 2 is 1.67 bits per heavy atom. The molecule has 0 saturated carbocycles. The van der Waals surface area contributed by atoms with E-state index in [4.69, 9.17) is 10.6 Å². The molecule has 0 atom stereocenters. The van der Waals surface area contributed by atoms with Crippen molar-refractivity contribution < 1.29 is 9.53 Å². The van der Waals surface area contributed by atoms with Crippen LogP contribution in [0.3, 0.4) is 0 Å². The summed E-state index contributed by atoms with van der Waals surface area (Å²) in [6, 6.07) is 24.4. The van der Waals surface area contributed by atoms with Gasteiger partial charge in [0.15, 0.2) is 0 Å². The number of hydrogen-bond acceptors (Lipinski definition) is 4. The van der Waals surface area contributed by atoms with Crippen LogP contribution in [0.5, 0.6) is 0 Å². The summed E-state index contributed by atoms with van der Waals surface area (Å²) in [5, 5.41) is 2.82. The zero-order valence-electron chi connectivity index (χ0n) is 16.7. The van der Waals surface area contributed by atoms with Gasteiger partial charge in [0.05, 0.1) is 0 Å². The lowest BCUT2D eigenvalue weighted by Crippen LogP contribution is -2.26. The molecule has 0 unspecified atom stereocenters. The maximum atomic E-state index is 12.2. The summed E-state index contributed by atoms with van der Waals surface area (Å²) in [6.45, 7) is 0.844. The Morgan fingerprint density at radius 1 is 0.967 bits per heavy atom. The largest absolute Gasteiger partial charge is 0.449 e. The molecule has 4 rings (SSSR count). The summed E-state index contributed by atoms with van der Waals surface area (Å²) in [5.41, 5.74) is 9.40. The van der Waals surface area contributed by atoms with Crippen molar-refractivity contribution >= 4 is 17.9 Å². The smallest absolute Gasteiger partial charge is 0.407 e. The minimum Gasteiger partial charge on any atom is -0.449 e. The summed E-state index contributed by atoms with van der Waals surface area (Å²) in [4.78, 5) is 12.2. The number of carbonyl (C=O) groups is 1. The fraction of sp³-hybridized carbons (Fsp3) is 0.160. The summed E-state index contributed by atoms with van der Waals surface area (Å²) in [7, 11) is 0. The second kappa shape index (κ2) is 9.29. The number of amides is 1. The summed E-state index contributed by atoms with van der Waals surface area (Å²) in [6.07, 6.45) is 4.34. The van der Waals surface area contributed by atoms with Crippen LogP contribution in [-0.4, -0.2) is 19.2 Å². The van der Waals surface area contributed by atoms with Gasteiger partial charge in [-0.1, -0.05) is 72.8 Å². The van der Waals surface area contributed by atoms with Crippen molar-refractivity contribution in [2.45, 2.75) is 12.3 Å². The Morgan fingerprint density at radius 3 is 2.37 bits per heavy atom. The highest BCUT2D eigenvalue weighted by molar-refractivity contribution is 5.79. The Bertz CT molecular complexity index is 1020. The van der Waals surface area contributed by atoms with Gasteiger partial charge in [0.2, 0.25) is 0 Å². The Labute approximate surface area is 176 Å². The van der Waals surface area contributed by atoms with Gasteiger partial charge in [-0.3, -0.25) is 5.84 Å². The van der Waals surface area contributed by atoms with Crippen LogP contribution < -0.4 is 16.6 Å². The molecule has 1 aliphatic rings. The van der Waals surface area contributed by atoms with Crippen LogP contribution in [0.2, 0.25) is 0 Å². The number of nitrogens with one attached hydrogen (secondary N) is 2. The van der Waals surface area contributed by atoms with Gasteiger partial charge in [0.1, 0.15) is 6.61 Å². The molecule has 0 bridgehead atoms. The van der Waals surface area contributed by atoms with E-state index in [9.17, 15) is 4.79 Å². The summed E-state index contributed by atoms with van der Waals surface area (Å²) >= 11 is 0. The molecule has 0 spiro atoms. The minimum absolute atomic E-state index is 0.0754. The molecule has 1 amide bonds. The number of alkyl carbamates (subject to hydrolysis) is 1. The lowest BCUT2D eigenvalue weighted by molar-refractivity contribution is 0.143. The van der Waals surface area contributed by atoms with Gasteiger partial charge < -0.3 is 15.5 Å². The number of fused-ring (bicyclic) bond motifs is 3. The lowest BCUT2D eigenvalue weighted by atomic mass is 9.98. The van der Waals surface area contributed by atoms with E-state index in [-0.39, 0.29) is 12.0 Å². The van der Waals surface area contributed by atoms with Crippen molar-refractivity contribution in [3.8, 4) is 11.1 Å². The first-order chi connectivity index (χ1) is 14.8. The van der Waals surface area contributed by atoms with Gasteiger partial charge >= 0.3 is 6.09 Å². The second-order valence-electron chi connectivity index (χ2n) is 7.21. The van der Waals surface area contributed by atoms with Crippen LogP contribution in [0.15, 0.2) is 78.9 Å². The maximum absolute atomic E-state index is 12.2. The van der Waals surface area contributed by atoms with Gasteiger partial charge in [-0.15, -0.1) is 0 Å². The van der Waals surface area contributed by atoms with E-state index in [0.717, 1.165) is 11.3 Å². The first kappa shape index (κ1) is 19.7. The maximum Gasteiger partial charge on any atom is 0.407 e. The SMILES string of the molecule is NNc1cccc(C=CCCNC(=O)OCC2c3ccccc3-c3ccccc32)c1. The van der Waals surface area contributed by atoms with E-state index in [1.54, 1.807) is 0 Å².